The van der Waals surface area contributed by atoms with Gasteiger partial charge in [-0.25, -0.2) is 0 Å². The number of aliphatic hydroxyl groups is 2. The molecule has 1 fully saturated rings. The lowest BCUT2D eigenvalue weighted by Gasteiger charge is -2.36. The predicted molar refractivity (Wildman–Crippen MR) is 60.9 cm³/mol. The Labute approximate surface area is 96.9 Å². The van der Waals surface area contributed by atoms with Crippen LogP contribution in [0.25, 0.3) is 0 Å². The highest BCUT2D eigenvalue weighted by atomic mass is 16.7. The van der Waals surface area contributed by atoms with Gasteiger partial charge in [-0.1, -0.05) is 6.08 Å². The standard InChI is InChI=1S/C12H22O4/c1-4-5-6-8(2)15-12-11(14)7-10(13)9(3)16-12/h4,8-14H,1,5-7H2,2-3H3/t8-,9?,10-,11+,12-/m1/s1. The molecule has 1 heterocycles. The molecule has 5 atom stereocenters. The van der Waals surface area contributed by atoms with Crippen molar-refractivity contribution in [3.8, 4) is 0 Å². The zero-order valence-electron chi connectivity index (χ0n) is 10.0. The van der Waals surface area contributed by atoms with Crippen LogP contribution in [0.5, 0.6) is 0 Å². The van der Waals surface area contributed by atoms with Crippen molar-refractivity contribution in [1.82, 2.24) is 0 Å². The van der Waals surface area contributed by atoms with Crippen LogP contribution in [0.3, 0.4) is 0 Å². The topological polar surface area (TPSA) is 58.9 Å². The van der Waals surface area contributed by atoms with Crippen LogP contribution in [0.2, 0.25) is 0 Å². The van der Waals surface area contributed by atoms with Crippen LogP contribution in [0.4, 0.5) is 0 Å². The van der Waals surface area contributed by atoms with E-state index in [2.05, 4.69) is 6.58 Å². The molecule has 1 aliphatic rings. The number of ether oxygens (including phenoxy) is 2. The number of rotatable bonds is 5. The molecule has 2 N–H and O–H groups in total. The Morgan fingerprint density at radius 3 is 2.81 bits per heavy atom. The Bertz CT molecular complexity index is 219. The molecule has 0 bridgehead atoms. The smallest absolute Gasteiger partial charge is 0.184 e. The second-order valence-corrected chi connectivity index (χ2v) is 4.39. The molecular weight excluding hydrogens is 208 g/mol. The zero-order chi connectivity index (χ0) is 12.1. The molecule has 0 saturated carbocycles. The molecule has 1 aliphatic heterocycles. The van der Waals surface area contributed by atoms with Gasteiger partial charge in [-0.15, -0.1) is 6.58 Å². The Hall–Kier alpha value is -0.420. The summed E-state index contributed by atoms with van der Waals surface area (Å²) in [6.45, 7) is 7.37. The number of hydrogen-bond donors (Lipinski definition) is 2. The average Bonchev–Trinajstić information content (AvgIpc) is 2.23. The molecule has 4 nitrogen and oxygen atoms in total. The summed E-state index contributed by atoms with van der Waals surface area (Å²) >= 11 is 0. The molecule has 0 aromatic rings. The first-order valence-corrected chi connectivity index (χ1v) is 5.82. The monoisotopic (exact) mass is 230 g/mol. The normalized spacial score (nSPS) is 37.0. The summed E-state index contributed by atoms with van der Waals surface area (Å²) in [5.74, 6) is 0. The van der Waals surface area contributed by atoms with Crippen LogP contribution in [0.1, 0.15) is 33.1 Å². The fraction of sp³-hybridized carbons (Fsp3) is 0.833. The minimum atomic E-state index is -0.752. The van der Waals surface area contributed by atoms with Gasteiger partial charge in [-0.3, -0.25) is 0 Å². The Morgan fingerprint density at radius 1 is 1.50 bits per heavy atom. The van der Waals surface area contributed by atoms with Crippen LogP contribution >= 0.6 is 0 Å². The first-order valence-electron chi connectivity index (χ1n) is 5.82. The van der Waals surface area contributed by atoms with E-state index < -0.39 is 18.5 Å². The van der Waals surface area contributed by atoms with Crippen molar-refractivity contribution in [3.05, 3.63) is 12.7 Å². The molecule has 1 unspecified atom stereocenters. The quantitative estimate of drug-likeness (QED) is 0.697. The van der Waals surface area contributed by atoms with Crippen LogP contribution in [0.15, 0.2) is 12.7 Å². The number of hydrogen-bond acceptors (Lipinski definition) is 4. The summed E-state index contributed by atoms with van der Waals surface area (Å²) < 4.78 is 11.0. The van der Waals surface area contributed by atoms with Gasteiger partial charge in [0.25, 0.3) is 0 Å². The molecule has 0 radical (unpaired) electrons. The Balaban J connectivity index is 2.38. The lowest BCUT2D eigenvalue weighted by molar-refractivity contribution is -0.273. The van der Waals surface area contributed by atoms with Crippen molar-refractivity contribution in [3.63, 3.8) is 0 Å². The van der Waals surface area contributed by atoms with E-state index in [9.17, 15) is 10.2 Å². The van der Waals surface area contributed by atoms with E-state index in [4.69, 9.17) is 9.47 Å². The summed E-state index contributed by atoms with van der Waals surface area (Å²) in [6.07, 6.45) is 1.61. The molecule has 0 aliphatic carbocycles. The van der Waals surface area contributed by atoms with E-state index in [1.54, 1.807) is 6.92 Å². The molecule has 0 amide bonds. The van der Waals surface area contributed by atoms with E-state index in [0.717, 1.165) is 12.8 Å². The van der Waals surface area contributed by atoms with Crippen molar-refractivity contribution >= 4 is 0 Å². The van der Waals surface area contributed by atoms with Gasteiger partial charge in [0.05, 0.1) is 18.3 Å². The van der Waals surface area contributed by atoms with Crippen LogP contribution < -0.4 is 0 Å². The maximum atomic E-state index is 9.70. The third-order valence-corrected chi connectivity index (χ3v) is 2.83. The highest BCUT2D eigenvalue weighted by Gasteiger charge is 2.35. The SMILES string of the molecule is C=CCC[C@@H](C)O[C@@H]1OC(C)[C@H](O)C[C@@H]1O. The van der Waals surface area contributed by atoms with Crippen molar-refractivity contribution < 1.29 is 19.7 Å². The second kappa shape index (κ2) is 6.35. The lowest BCUT2D eigenvalue weighted by atomic mass is 10.0. The van der Waals surface area contributed by atoms with E-state index in [0.29, 0.717) is 6.42 Å². The van der Waals surface area contributed by atoms with Gasteiger partial charge < -0.3 is 19.7 Å². The Kier molecular flexibility index (Phi) is 5.41. The van der Waals surface area contributed by atoms with E-state index in [1.807, 2.05) is 13.0 Å². The summed E-state index contributed by atoms with van der Waals surface area (Å²) in [5.41, 5.74) is 0. The third kappa shape index (κ3) is 3.87. The van der Waals surface area contributed by atoms with Gasteiger partial charge in [-0.2, -0.15) is 0 Å². The maximum absolute atomic E-state index is 9.70. The maximum Gasteiger partial charge on any atom is 0.184 e. The van der Waals surface area contributed by atoms with Gasteiger partial charge >= 0.3 is 0 Å². The minimum absolute atomic E-state index is 0.0140. The first kappa shape index (κ1) is 13.6. The van der Waals surface area contributed by atoms with Gasteiger partial charge in [0.15, 0.2) is 6.29 Å². The first-order chi connectivity index (χ1) is 7.54. The van der Waals surface area contributed by atoms with Gasteiger partial charge in [0, 0.05) is 6.42 Å². The van der Waals surface area contributed by atoms with Gasteiger partial charge in [-0.05, 0) is 26.7 Å². The largest absolute Gasteiger partial charge is 0.390 e. The van der Waals surface area contributed by atoms with E-state index in [1.165, 1.54) is 0 Å². The molecule has 0 aromatic heterocycles. The molecule has 0 spiro atoms. The van der Waals surface area contributed by atoms with E-state index >= 15 is 0 Å². The highest BCUT2D eigenvalue weighted by molar-refractivity contribution is 4.79. The average molecular weight is 230 g/mol. The molecule has 4 heteroatoms. The lowest BCUT2D eigenvalue weighted by Crippen LogP contribution is -2.48. The predicted octanol–water partition coefficient (Wildman–Crippen LogP) is 1.21. The molecule has 0 aromatic carbocycles. The van der Waals surface area contributed by atoms with Crippen molar-refractivity contribution in [2.75, 3.05) is 0 Å². The second-order valence-electron chi connectivity index (χ2n) is 4.39. The van der Waals surface area contributed by atoms with Crippen molar-refractivity contribution in [1.29, 1.82) is 0 Å². The van der Waals surface area contributed by atoms with Gasteiger partial charge in [0.2, 0.25) is 0 Å². The zero-order valence-corrected chi connectivity index (χ0v) is 10.0. The fourth-order valence-electron chi connectivity index (χ4n) is 1.72. The van der Waals surface area contributed by atoms with Crippen LogP contribution in [0, 0.1) is 0 Å². The third-order valence-electron chi connectivity index (χ3n) is 2.83. The molecule has 1 saturated heterocycles. The summed E-state index contributed by atoms with van der Waals surface area (Å²) in [6, 6.07) is 0. The molecule has 94 valence electrons. The van der Waals surface area contributed by atoms with Gasteiger partial charge in [0.1, 0.15) is 6.10 Å². The van der Waals surface area contributed by atoms with Crippen molar-refractivity contribution in [2.45, 2.75) is 63.8 Å². The number of aliphatic hydroxyl groups excluding tert-OH is 2. The van der Waals surface area contributed by atoms with Crippen LogP contribution in [-0.4, -0.2) is 40.9 Å². The summed E-state index contributed by atoms with van der Waals surface area (Å²) in [7, 11) is 0. The molecule has 1 rings (SSSR count). The summed E-state index contributed by atoms with van der Waals surface area (Å²) in [5, 5.41) is 19.2. The summed E-state index contributed by atoms with van der Waals surface area (Å²) in [4.78, 5) is 0. The minimum Gasteiger partial charge on any atom is -0.390 e. The highest BCUT2D eigenvalue weighted by Crippen LogP contribution is 2.22. The van der Waals surface area contributed by atoms with E-state index in [-0.39, 0.29) is 12.2 Å². The number of allylic oxidation sites excluding steroid dienone is 1. The molecular formula is C12H22O4. The molecule has 16 heavy (non-hydrogen) atoms. The fourth-order valence-corrected chi connectivity index (χ4v) is 1.72. The van der Waals surface area contributed by atoms with Crippen molar-refractivity contribution in [2.24, 2.45) is 0 Å². The Morgan fingerprint density at radius 2 is 2.19 bits per heavy atom. The van der Waals surface area contributed by atoms with Crippen LogP contribution in [-0.2, 0) is 9.47 Å².